The van der Waals surface area contributed by atoms with Crippen LogP contribution in [0.5, 0.6) is 5.75 Å². The number of para-hydroxylation sites is 1. The van der Waals surface area contributed by atoms with Gasteiger partial charge in [0, 0.05) is 46.8 Å². The summed E-state index contributed by atoms with van der Waals surface area (Å²) in [6.45, 7) is 0. The second-order valence-electron chi connectivity index (χ2n) is 10.4. The lowest BCUT2D eigenvalue weighted by Gasteiger charge is -2.37. The SMILES string of the molecule is CN1c2ccccc2CC12C=Nc1c(ccc3cc(-c4ccc5c(c4)C(=O)c4ccccc4C5=O)ccc13)O2. The van der Waals surface area contributed by atoms with Crippen molar-refractivity contribution in [3.63, 3.8) is 0 Å². The minimum atomic E-state index is -0.629. The predicted octanol–water partition coefficient (Wildman–Crippen LogP) is 6.77. The van der Waals surface area contributed by atoms with Crippen molar-refractivity contribution in [3.05, 3.63) is 125 Å². The largest absolute Gasteiger partial charge is 0.460 e. The van der Waals surface area contributed by atoms with Crippen LogP contribution in [0.4, 0.5) is 11.4 Å². The summed E-state index contributed by atoms with van der Waals surface area (Å²) >= 11 is 0. The van der Waals surface area contributed by atoms with Crippen LogP contribution < -0.4 is 9.64 Å². The van der Waals surface area contributed by atoms with E-state index in [1.165, 1.54) is 5.56 Å². The van der Waals surface area contributed by atoms with Gasteiger partial charge < -0.3 is 9.64 Å². The van der Waals surface area contributed by atoms with Crippen LogP contribution in [0.25, 0.3) is 21.9 Å². The molecule has 5 heteroatoms. The number of aliphatic imine (C=N–C) groups is 1. The van der Waals surface area contributed by atoms with Gasteiger partial charge in [-0.3, -0.25) is 14.6 Å². The summed E-state index contributed by atoms with van der Waals surface area (Å²) in [7, 11) is 2.05. The Balaban J connectivity index is 1.16. The molecule has 8 rings (SSSR count). The Kier molecular flexibility index (Phi) is 4.37. The van der Waals surface area contributed by atoms with Gasteiger partial charge in [-0.1, -0.05) is 66.7 Å². The van der Waals surface area contributed by atoms with Crippen molar-refractivity contribution < 1.29 is 14.3 Å². The molecular weight excluding hydrogens is 484 g/mol. The van der Waals surface area contributed by atoms with Gasteiger partial charge in [-0.05, 0) is 52.4 Å². The Bertz CT molecular complexity index is 1940. The number of carbonyl (C=O) groups excluding carboxylic acids is 2. The Labute approximate surface area is 225 Å². The van der Waals surface area contributed by atoms with E-state index in [0.29, 0.717) is 22.3 Å². The number of anilines is 1. The maximum atomic E-state index is 13.2. The average molecular weight is 507 g/mol. The monoisotopic (exact) mass is 506 g/mol. The highest BCUT2D eigenvalue weighted by molar-refractivity contribution is 6.28. The van der Waals surface area contributed by atoms with E-state index in [2.05, 4.69) is 41.3 Å². The van der Waals surface area contributed by atoms with E-state index in [4.69, 9.17) is 9.73 Å². The summed E-state index contributed by atoms with van der Waals surface area (Å²) in [6.07, 6.45) is 2.66. The second-order valence-corrected chi connectivity index (χ2v) is 10.4. The van der Waals surface area contributed by atoms with E-state index < -0.39 is 5.72 Å². The molecule has 1 unspecified atom stereocenters. The molecule has 5 aromatic carbocycles. The molecule has 186 valence electrons. The van der Waals surface area contributed by atoms with E-state index in [1.54, 1.807) is 30.3 Å². The minimum absolute atomic E-state index is 0.108. The average Bonchev–Trinajstić information content (AvgIpc) is 3.25. The lowest BCUT2D eigenvalue weighted by atomic mass is 9.82. The number of ether oxygens (including phenoxy) is 1. The highest BCUT2D eigenvalue weighted by Gasteiger charge is 2.45. The minimum Gasteiger partial charge on any atom is -0.460 e. The van der Waals surface area contributed by atoms with Crippen LogP contribution in [-0.2, 0) is 6.42 Å². The van der Waals surface area contributed by atoms with Gasteiger partial charge in [0.2, 0.25) is 5.72 Å². The van der Waals surface area contributed by atoms with Crippen molar-refractivity contribution in [3.8, 4) is 16.9 Å². The smallest absolute Gasteiger partial charge is 0.223 e. The maximum absolute atomic E-state index is 13.2. The van der Waals surface area contributed by atoms with Crippen LogP contribution in [0, 0.1) is 0 Å². The fourth-order valence-corrected chi connectivity index (χ4v) is 6.17. The number of benzene rings is 5. The third kappa shape index (κ3) is 3.04. The fraction of sp³-hybridized carbons (Fsp3) is 0.0882. The zero-order valence-electron chi connectivity index (χ0n) is 21.1. The van der Waals surface area contributed by atoms with Gasteiger partial charge in [-0.25, -0.2) is 0 Å². The Morgan fingerprint density at radius 2 is 1.44 bits per heavy atom. The third-order valence-electron chi connectivity index (χ3n) is 8.26. The first kappa shape index (κ1) is 22.0. The summed E-state index contributed by atoms with van der Waals surface area (Å²) in [4.78, 5) is 33.3. The number of ketones is 2. The standard InChI is InChI=1S/C34H22N2O3/c1-36-29-9-5-2-6-23(29)18-34(36)19-35-31-24-13-10-20(16-22(24)12-15-30(31)39-34)21-11-14-27-28(17-21)33(38)26-8-4-3-7-25(26)32(27)37/h2-17,19H,18H2,1H3. The molecule has 2 heterocycles. The van der Waals surface area contributed by atoms with E-state index in [1.807, 2.05) is 43.6 Å². The Morgan fingerprint density at radius 3 is 2.26 bits per heavy atom. The van der Waals surface area contributed by atoms with E-state index in [-0.39, 0.29) is 11.6 Å². The zero-order chi connectivity index (χ0) is 26.3. The van der Waals surface area contributed by atoms with Gasteiger partial charge in [0.05, 0.1) is 6.21 Å². The second kappa shape index (κ2) is 7.74. The van der Waals surface area contributed by atoms with Gasteiger partial charge in [-0.15, -0.1) is 0 Å². The highest BCUT2D eigenvalue weighted by Crippen LogP contribution is 2.46. The molecule has 0 radical (unpaired) electrons. The molecule has 0 N–H and O–H groups in total. The molecule has 0 aromatic heterocycles. The third-order valence-corrected chi connectivity index (χ3v) is 8.26. The number of fused-ring (bicyclic) bond motifs is 6. The van der Waals surface area contributed by atoms with Crippen molar-refractivity contribution in [1.29, 1.82) is 0 Å². The molecule has 3 aliphatic rings. The summed E-state index contributed by atoms with van der Waals surface area (Å²) < 4.78 is 6.62. The van der Waals surface area contributed by atoms with Gasteiger partial charge in [0.15, 0.2) is 11.6 Å². The van der Waals surface area contributed by atoms with Crippen LogP contribution in [0.3, 0.4) is 0 Å². The van der Waals surface area contributed by atoms with Crippen molar-refractivity contribution >= 4 is 39.9 Å². The van der Waals surface area contributed by atoms with E-state index in [9.17, 15) is 9.59 Å². The lowest BCUT2D eigenvalue weighted by molar-refractivity contribution is 0.0979. The zero-order valence-corrected chi connectivity index (χ0v) is 21.1. The van der Waals surface area contributed by atoms with Crippen LogP contribution in [0.2, 0.25) is 0 Å². The quantitative estimate of drug-likeness (QED) is 0.247. The van der Waals surface area contributed by atoms with Crippen LogP contribution in [0.1, 0.15) is 37.4 Å². The Morgan fingerprint density at radius 1 is 0.744 bits per heavy atom. The predicted molar refractivity (Wildman–Crippen MR) is 153 cm³/mol. The molecule has 1 atom stereocenters. The van der Waals surface area contributed by atoms with Gasteiger partial charge in [0.25, 0.3) is 0 Å². The number of rotatable bonds is 1. The molecular formula is C34H22N2O3. The molecule has 0 fully saturated rings. The molecule has 5 nitrogen and oxygen atoms in total. The van der Waals surface area contributed by atoms with Crippen molar-refractivity contribution in [2.75, 3.05) is 11.9 Å². The van der Waals surface area contributed by atoms with Gasteiger partial charge in [0.1, 0.15) is 11.4 Å². The van der Waals surface area contributed by atoms with Crippen LogP contribution in [0.15, 0.2) is 102 Å². The summed E-state index contributed by atoms with van der Waals surface area (Å²) in [5, 5.41) is 2.02. The molecule has 0 bridgehead atoms. The first-order valence-corrected chi connectivity index (χ1v) is 13.0. The van der Waals surface area contributed by atoms with E-state index >= 15 is 0 Å². The Hall–Kier alpha value is -5.03. The van der Waals surface area contributed by atoms with E-state index in [0.717, 1.165) is 45.4 Å². The number of likely N-dealkylation sites (N-methyl/N-ethyl adjacent to an activating group) is 1. The van der Waals surface area contributed by atoms with Crippen LogP contribution >= 0.6 is 0 Å². The normalized spacial score (nSPS) is 18.5. The highest BCUT2D eigenvalue weighted by atomic mass is 16.5. The molecule has 0 saturated heterocycles. The fourth-order valence-electron chi connectivity index (χ4n) is 6.17. The number of carbonyl (C=O) groups is 2. The molecule has 5 aromatic rings. The molecule has 1 aliphatic carbocycles. The van der Waals surface area contributed by atoms with Crippen molar-refractivity contribution in [2.24, 2.45) is 4.99 Å². The first-order valence-electron chi connectivity index (χ1n) is 13.0. The number of hydrogen-bond donors (Lipinski definition) is 0. The number of nitrogens with zero attached hydrogens (tertiary/aromatic N) is 2. The molecule has 0 amide bonds. The summed E-state index contributed by atoms with van der Waals surface area (Å²) in [5.74, 6) is 0.536. The topological polar surface area (TPSA) is 59.0 Å². The molecule has 0 saturated carbocycles. The molecule has 1 spiro atoms. The molecule has 39 heavy (non-hydrogen) atoms. The lowest BCUT2D eigenvalue weighted by Crippen LogP contribution is -2.52. The van der Waals surface area contributed by atoms with Crippen LogP contribution in [-0.4, -0.2) is 30.6 Å². The summed E-state index contributed by atoms with van der Waals surface area (Å²) in [6, 6.07) is 31.1. The van der Waals surface area contributed by atoms with Gasteiger partial charge in [-0.2, -0.15) is 0 Å². The molecule has 2 aliphatic heterocycles. The van der Waals surface area contributed by atoms with Crippen molar-refractivity contribution in [1.82, 2.24) is 0 Å². The van der Waals surface area contributed by atoms with Gasteiger partial charge >= 0.3 is 0 Å². The maximum Gasteiger partial charge on any atom is 0.223 e. The first-order chi connectivity index (χ1) is 19.0. The van der Waals surface area contributed by atoms with Crippen molar-refractivity contribution in [2.45, 2.75) is 12.1 Å². The summed E-state index contributed by atoms with van der Waals surface area (Å²) in [5.41, 5.74) is 6.28. The number of hydrogen-bond acceptors (Lipinski definition) is 5.